The van der Waals surface area contributed by atoms with Crippen molar-refractivity contribution in [3.05, 3.63) is 42.0 Å². The number of hydrogen-bond acceptors (Lipinski definition) is 5. The molecular formula is C19H23ClNO6P. The molecule has 152 valence electrons. The first-order valence-corrected chi connectivity index (χ1v) is 11.2. The number of aliphatic carboxylic acids is 1. The zero-order valence-electron chi connectivity index (χ0n) is 15.8. The number of rotatable bonds is 10. The lowest BCUT2D eigenvalue weighted by Crippen LogP contribution is -2.38. The molecule has 3 unspecified atom stereocenters. The van der Waals surface area contributed by atoms with Crippen molar-refractivity contribution in [3.8, 4) is 5.75 Å². The molecule has 3 atom stereocenters. The topological polar surface area (TPSA) is 102 Å². The average molecular weight is 428 g/mol. The van der Waals surface area contributed by atoms with E-state index in [1.807, 2.05) is 18.2 Å². The maximum atomic E-state index is 12.5. The zero-order chi connectivity index (χ0) is 20.9. The molecule has 0 aliphatic rings. The third kappa shape index (κ3) is 5.79. The number of carbonyl (C=O) groups is 2. The molecule has 0 aliphatic heterocycles. The Morgan fingerprint density at radius 1 is 1.25 bits per heavy atom. The predicted molar refractivity (Wildman–Crippen MR) is 108 cm³/mol. The minimum atomic E-state index is -3.92. The fraction of sp³-hybridized carbons (Fsp3) is 0.368. The zero-order valence-corrected chi connectivity index (χ0v) is 17.4. The van der Waals surface area contributed by atoms with E-state index in [2.05, 4.69) is 5.09 Å². The molecule has 7 nitrogen and oxygen atoms in total. The van der Waals surface area contributed by atoms with Crippen molar-refractivity contribution in [1.29, 1.82) is 0 Å². The Labute approximate surface area is 168 Å². The summed E-state index contributed by atoms with van der Waals surface area (Å²) in [5.74, 6) is -1.61. The summed E-state index contributed by atoms with van der Waals surface area (Å²) in [4.78, 5) is 22.5. The van der Waals surface area contributed by atoms with Gasteiger partial charge in [-0.2, -0.15) is 0 Å². The number of aldehydes is 1. The number of carboxylic acids is 1. The van der Waals surface area contributed by atoms with Crippen LogP contribution in [0.5, 0.6) is 5.75 Å². The highest BCUT2D eigenvalue weighted by atomic mass is 35.7. The van der Waals surface area contributed by atoms with Gasteiger partial charge in [0.05, 0.1) is 12.5 Å². The molecule has 0 radical (unpaired) electrons. The van der Waals surface area contributed by atoms with Crippen LogP contribution in [0.3, 0.4) is 0 Å². The number of carboxylic acid groups (broad SMARTS) is 1. The highest BCUT2D eigenvalue weighted by Crippen LogP contribution is 2.49. The summed E-state index contributed by atoms with van der Waals surface area (Å²) in [6, 6.07) is 9.36. The molecule has 2 N–H and O–H groups in total. The molecule has 28 heavy (non-hydrogen) atoms. The number of benzene rings is 2. The quantitative estimate of drug-likeness (QED) is 0.433. The summed E-state index contributed by atoms with van der Waals surface area (Å²) in [6.45, 7) is -0.281. The van der Waals surface area contributed by atoms with Crippen molar-refractivity contribution in [3.63, 3.8) is 0 Å². The second-order valence-electron chi connectivity index (χ2n) is 6.73. The Kier molecular flexibility index (Phi) is 7.61. The van der Waals surface area contributed by atoms with Gasteiger partial charge >= 0.3 is 12.8 Å². The van der Waals surface area contributed by atoms with Crippen molar-refractivity contribution < 1.29 is 28.5 Å². The van der Waals surface area contributed by atoms with E-state index >= 15 is 0 Å². The van der Waals surface area contributed by atoms with Gasteiger partial charge in [-0.15, -0.1) is 0 Å². The largest absolute Gasteiger partial charge is 0.480 e. The van der Waals surface area contributed by atoms with Gasteiger partial charge in [0.2, 0.25) is 0 Å². The third-order valence-electron chi connectivity index (χ3n) is 4.22. The van der Waals surface area contributed by atoms with Crippen LogP contribution in [-0.4, -0.2) is 37.1 Å². The van der Waals surface area contributed by atoms with Crippen LogP contribution >= 0.6 is 18.1 Å². The van der Waals surface area contributed by atoms with Crippen LogP contribution in [0.2, 0.25) is 0 Å². The first-order valence-electron chi connectivity index (χ1n) is 8.64. The number of halogens is 1. The van der Waals surface area contributed by atoms with Gasteiger partial charge in [-0.1, -0.05) is 38.1 Å². The van der Waals surface area contributed by atoms with Crippen LogP contribution in [0.15, 0.2) is 36.4 Å². The summed E-state index contributed by atoms with van der Waals surface area (Å²) in [7, 11) is 1.54. The van der Waals surface area contributed by atoms with E-state index in [-0.39, 0.29) is 24.2 Å². The van der Waals surface area contributed by atoms with E-state index in [1.54, 1.807) is 32.0 Å². The lowest BCUT2D eigenvalue weighted by molar-refractivity contribution is -0.140. The number of nitrogens with one attached hydrogen (secondary N) is 1. The molecule has 0 bridgehead atoms. The third-order valence-corrected chi connectivity index (χ3v) is 5.76. The Balaban J connectivity index is 2.23. The Morgan fingerprint density at radius 3 is 2.46 bits per heavy atom. The van der Waals surface area contributed by atoms with Crippen LogP contribution in [0.25, 0.3) is 10.8 Å². The molecule has 2 aromatic carbocycles. The van der Waals surface area contributed by atoms with Crippen LogP contribution < -0.4 is 9.61 Å². The minimum Gasteiger partial charge on any atom is -0.480 e. The molecule has 2 aromatic rings. The van der Waals surface area contributed by atoms with Gasteiger partial charge in [0.1, 0.15) is 18.1 Å². The number of methoxy groups -OCH3 is 1. The molecule has 0 fully saturated rings. The van der Waals surface area contributed by atoms with E-state index in [0.717, 1.165) is 22.6 Å². The second-order valence-corrected chi connectivity index (χ2v) is 9.46. The Hall–Kier alpha value is -1.92. The fourth-order valence-corrected chi connectivity index (χ4v) is 4.47. The maximum absolute atomic E-state index is 12.5. The normalized spacial score (nSPS) is 15.8. The molecule has 9 heteroatoms. The molecule has 0 amide bonds. The fourth-order valence-electron chi connectivity index (χ4n) is 2.74. The van der Waals surface area contributed by atoms with Gasteiger partial charge in [0.15, 0.2) is 0 Å². The van der Waals surface area contributed by atoms with Crippen molar-refractivity contribution in [2.75, 3.05) is 13.7 Å². The SMILES string of the molecule is COCC(C=O)c1ccc2cc(OP(=O)(Cl)NC(C(=O)O)C(C)C)ccc2c1. The molecule has 0 aliphatic carbocycles. The van der Waals surface area contributed by atoms with Crippen LogP contribution in [0.1, 0.15) is 25.3 Å². The second kappa shape index (κ2) is 9.52. The molecule has 0 aromatic heterocycles. The average Bonchev–Trinajstić information content (AvgIpc) is 2.63. The van der Waals surface area contributed by atoms with E-state index < -0.39 is 18.9 Å². The van der Waals surface area contributed by atoms with Gasteiger partial charge in [0.25, 0.3) is 0 Å². The smallest absolute Gasteiger partial charge is 0.409 e. The summed E-state index contributed by atoms with van der Waals surface area (Å²) < 4.78 is 22.9. The molecular weight excluding hydrogens is 405 g/mol. The molecule has 2 rings (SSSR count). The molecule has 0 heterocycles. The van der Waals surface area contributed by atoms with Crippen molar-refractivity contribution in [2.24, 2.45) is 5.92 Å². The highest BCUT2D eigenvalue weighted by molar-refractivity contribution is 7.84. The highest BCUT2D eigenvalue weighted by Gasteiger charge is 2.32. The Morgan fingerprint density at radius 2 is 1.89 bits per heavy atom. The molecule has 0 saturated carbocycles. The molecule has 0 spiro atoms. The summed E-state index contributed by atoms with van der Waals surface area (Å²) >= 11 is 5.93. The van der Waals surface area contributed by atoms with E-state index in [0.29, 0.717) is 0 Å². The van der Waals surface area contributed by atoms with Gasteiger partial charge < -0.3 is 19.2 Å². The summed E-state index contributed by atoms with van der Waals surface area (Å²) in [5, 5.41) is 13.2. The summed E-state index contributed by atoms with van der Waals surface area (Å²) in [5.41, 5.74) is 0.823. The van der Waals surface area contributed by atoms with Gasteiger partial charge in [-0.05, 0) is 34.4 Å². The van der Waals surface area contributed by atoms with E-state index in [9.17, 15) is 19.3 Å². The monoisotopic (exact) mass is 427 g/mol. The van der Waals surface area contributed by atoms with Crippen LogP contribution in [-0.2, 0) is 18.9 Å². The maximum Gasteiger partial charge on any atom is 0.409 e. The lowest BCUT2D eigenvalue weighted by Gasteiger charge is -2.21. The van der Waals surface area contributed by atoms with Crippen molar-refractivity contribution in [2.45, 2.75) is 25.8 Å². The first kappa shape index (κ1) is 22.4. The summed E-state index contributed by atoms with van der Waals surface area (Å²) in [6.07, 6.45) is 0.838. The van der Waals surface area contributed by atoms with E-state index in [4.69, 9.17) is 20.5 Å². The molecule has 0 saturated heterocycles. The van der Waals surface area contributed by atoms with Crippen molar-refractivity contribution in [1.82, 2.24) is 5.09 Å². The number of hydrogen-bond donors (Lipinski definition) is 2. The Bertz CT molecular complexity index is 903. The van der Waals surface area contributed by atoms with Gasteiger partial charge in [-0.3, -0.25) is 4.79 Å². The first-order chi connectivity index (χ1) is 13.2. The van der Waals surface area contributed by atoms with Crippen LogP contribution in [0, 0.1) is 5.92 Å². The minimum absolute atomic E-state index is 0.239. The van der Waals surface area contributed by atoms with Crippen LogP contribution in [0.4, 0.5) is 0 Å². The predicted octanol–water partition coefficient (Wildman–Crippen LogP) is 4.19. The number of fused-ring (bicyclic) bond motifs is 1. The standard InChI is InChI=1S/C19H23ClNO6P/c1-12(2)18(19(23)24)21-28(20,25)27-17-7-6-13-8-14(4-5-15(13)9-17)16(10-22)11-26-3/h4-10,12,16,18H,11H2,1-3H3,(H,21,25)(H,23,24). The number of ether oxygens (including phenoxy) is 1. The van der Waals surface area contributed by atoms with Gasteiger partial charge in [-0.25, -0.2) is 9.65 Å². The van der Waals surface area contributed by atoms with Gasteiger partial charge in [0, 0.05) is 18.4 Å². The number of carbonyl (C=O) groups excluding carboxylic acids is 1. The van der Waals surface area contributed by atoms with E-state index in [1.165, 1.54) is 7.11 Å². The van der Waals surface area contributed by atoms with Crippen molar-refractivity contribution >= 4 is 41.1 Å². The lowest BCUT2D eigenvalue weighted by atomic mass is 9.98.